The molecule has 3 amide bonds. The molecule has 0 aliphatic heterocycles. The smallest absolute Gasteiger partial charge is 0.251 e. The zero-order chi connectivity index (χ0) is 19.3. The first-order chi connectivity index (χ1) is 12.3. The van der Waals surface area contributed by atoms with E-state index in [-0.39, 0.29) is 17.4 Å². The van der Waals surface area contributed by atoms with Gasteiger partial charge in [-0.25, -0.2) is 0 Å². The van der Waals surface area contributed by atoms with E-state index < -0.39 is 17.9 Å². The van der Waals surface area contributed by atoms with Crippen molar-refractivity contribution < 1.29 is 19.1 Å². The van der Waals surface area contributed by atoms with Crippen LogP contribution in [0.3, 0.4) is 0 Å². The number of rotatable bonds is 7. The maximum Gasteiger partial charge on any atom is 0.251 e. The molecule has 0 aliphatic rings. The summed E-state index contributed by atoms with van der Waals surface area (Å²) in [4.78, 5) is 36.4. The molecule has 0 saturated heterocycles. The number of carbonyl (C=O) groups is 3. The molecule has 0 fully saturated rings. The molecule has 0 aliphatic carbocycles. The topological polar surface area (TPSA) is 111 Å². The molecule has 1 aromatic heterocycles. The summed E-state index contributed by atoms with van der Waals surface area (Å²) in [7, 11) is 1.54. The SMILES string of the molecule is COc1ccc(C(=O)N[C@@H](C(=O)Nc2sccc2C(N)=O)C(C)C)cc1. The molecule has 1 aromatic carbocycles. The number of nitrogens with one attached hydrogen (secondary N) is 2. The first-order valence-corrected chi connectivity index (χ1v) is 8.84. The Morgan fingerprint density at radius 1 is 1.12 bits per heavy atom. The number of methoxy groups -OCH3 is 1. The number of hydrogen-bond acceptors (Lipinski definition) is 5. The van der Waals surface area contributed by atoms with Gasteiger partial charge in [-0.1, -0.05) is 13.8 Å². The average Bonchev–Trinajstić information content (AvgIpc) is 3.07. The second-order valence-electron chi connectivity index (χ2n) is 5.94. The van der Waals surface area contributed by atoms with Crippen LogP contribution in [0.25, 0.3) is 0 Å². The minimum Gasteiger partial charge on any atom is -0.497 e. The lowest BCUT2D eigenvalue weighted by atomic mass is 10.0. The Morgan fingerprint density at radius 3 is 2.31 bits per heavy atom. The summed E-state index contributed by atoms with van der Waals surface area (Å²) in [5.74, 6) is -0.926. The average molecular weight is 375 g/mol. The number of anilines is 1. The number of primary amides is 1. The van der Waals surface area contributed by atoms with Gasteiger partial charge in [0.15, 0.2) is 0 Å². The summed E-state index contributed by atoms with van der Waals surface area (Å²) in [6.45, 7) is 3.64. The number of carbonyl (C=O) groups excluding carboxylic acids is 3. The third kappa shape index (κ3) is 4.60. The van der Waals surface area contributed by atoms with Crippen LogP contribution in [-0.2, 0) is 4.79 Å². The van der Waals surface area contributed by atoms with Crippen LogP contribution >= 0.6 is 11.3 Å². The van der Waals surface area contributed by atoms with Gasteiger partial charge in [-0.3, -0.25) is 14.4 Å². The molecule has 8 heteroatoms. The van der Waals surface area contributed by atoms with E-state index in [2.05, 4.69) is 10.6 Å². The van der Waals surface area contributed by atoms with Crippen molar-refractivity contribution in [2.45, 2.75) is 19.9 Å². The van der Waals surface area contributed by atoms with Crippen molar-refractivity contribution in [1.82, 2.24) is 5.32 Å². The van der Waals surface area contributed by atoms with E-state index in [1.54, 1.807) is 42.8 Å². The first-order valence-electron chi connectivity index (χ1n) is 7.96. The highest BCUT2D eigenvalue weighted by Gasteiger charge is 2.26. The lowest BCUT2D eigenvalue weighted by Gasteiger charge is -2.21. The Kier molecular flexibility index (Phi) is 6.35. The number of hydrogen-bond donors (Lipinski definition) is 3. The molecule has 4 N–H and O–H groups in total. The normalized spacial score (nSPS) is 11.7. The van der Waals surface area contributed by atoms with Gasteiger partial charge in [-0.15, -0.1) is 11.3 Å². The Balaban J connectivity index is 2.11. The van der Waals surface area contributed by atoms with Gasteiger partial charge in [0, 0.05) is 5.56 Å². The van der Waals surface area contributed by atoms with Crippen molar-refractivity contribution in [3.63, 3.8) is 0 Å². The zero-order valence-electron chi connectivity index (χ0n) is 14.7. The molecule has 0 radical (unpaired) electrons. The van der Waals surface area contributed by atoms with Gasteiger partial charge in [-0.2, -0.15) is 0 Å². The fourth-order valence-corrected chi connectivity index (χ4v) is 3.09. The Hall–Kier alpha value is -2.87. The molecule has 0 saturated carbocycles. The highest BCUT2D eigenvalue weighted by atomic mass is 32.1. The van der Waals surface area contributed by atoms with Crippen molar-refractivity contribution in [2.75, 3.05) is 12.4 Å². The lowest BCUT2D eigenvalue weighted by molar-refractivity contribution is -0.118. The molecular formula is C18H21N3O4S. The Bertz CT molecular complexity index is 799. The highest BCUT2D eigenvalue weighted by Crippen LogP contribution is 2.23. The van der Waals surface area contributed by atoms with Gasteiger partial charge in [-0.05, 0) is 41.6 Å². The van der Waals surface area contributed by atoms with E-state index in [0.29, 0.717) is 16.3 Å². The molecule has 1 heterocycles. The van der Waals surface area contributed by atoms with E-state index in [1.165, 1.54) is 11.3 Å². The van der Waals surface area contributed by atoms with E-state index >= 15 is 0 Å². The van der Waals surface area contributed by atoms with Crippen molar-refractivity contribution in [3.8, 4) is 5.75 Å². The predicted molar refractivity (Wildman–Crippen MR) is 101 cm³/mol. The fourth-order valence-electron chi connectivity index (χ4n) is 2.29. The van der Waals surface area contributed by atoms with Gasteiger partial charge in [0.1, 0.15) is 16.8 Å². The van der Waals surface area contributed by atoms with Crippen molar-refractivity contribution in [3.05, 3.63) is 46.8 Å². The van der Waals surface area contributed by atoms with Crippen LogP contribution in [-0.4, -0.2) is 30.9 Å². The van der Waals surface area contributed by atoms with Gasteiger partial charge in [0.2, 0.25) is 5.91 Å². The minimum absolute atomic E-state index is 0.158. The molecule has 7 nitrogen and oxygen atoms in total. The monoisotopic (exact) mass is 375 g/mol. The third-order valence-corrected chi connectivity index (χ3v) is 4.59. The Morgan fingerprint density at radius 2 is 1.77 bits per heavy atom. The van der Waals surface area contributed by atoms with Crippen molar-refractivity contribution in [2.24, 2.45) is 11.7 Å². The van der Waals surface area contributed by atoms with Crippen LogP contribution in [0.15, 0.2) is 35.7 Å². The lowest BCUT2D eigenvalue weighted by Crippen LogP contribution is -2.47. The summed E-state index contributed by atoms with van der Waals surface area (Å²) in [5, 5.41) is 7.43. The third-order valence-electron chi connectivity index (χ3n) is 3.76. The number of nitrogens with two attached hydrogens (primary N) is 1. The molecule has 1 atom stereocenters. The van der Waals surface area contributed by atoms with Gasteiger partial charge < -0.3 is 21.1 Å². The molecule has 0 spiro atoms. The maximum absolute atomic E-state index is 12.6. The highest BCUT2D eigenvalue weighted by molar-refractivity contribution is 7.14. The van der Waals surface area contributed by atoms with Crippen LogP contribution in [0.5, 0.6) is 5.75 Å². The molecule has 138 valence electrons. The van der Waals surface area contributed by atoms with E-state index in [0.717, 1.165) is 0 Å². The van der Waals surface area contributed by atoms with Crippen LogP contribution < -0.4 is 21.1 Å². The summed E-state index contributed by atoms with van der Waals surface area (Å²) < 4.78 is 5.06. The van der Waals surface area contributed by atoms with Crippen molar-refractivity contribution >= 4 is 34.1 Å². The summed E-state index contributed by atoms with van der Waals surface area (Å²) in [6, 6.07) is 7.35. The van der Waals surface area contributed by atoms with E-state index in [9.17, 15) is 14.4 Å². The largest absolute Gasteiger partial charge is 0.497 e. The zero-order valence-corrected chi connectivity index (χ0v) is 15.6. The van der Waals surface area contributed by atoms with Crippen molar-refractivity contribution in [1.29, 1.82) is 0 Å². The number of amides is 3. The number of ether oxygens (including phenoxy) is 1. The van der Waals surface area contributed by atoms with E-state index in [1.807, 2.05) is 13.8 Å². The molecule has 0 bridgehead atoms. The minimum atomic E-state index is -0.771. The molecule has 26 heavy (non-hydrogen) atoms. The second-order valence-corrected chi connectivity index (χ2v) is 6.86. The Labute approximate surface area is 155 Å². The summed E-state index contributed by atoms with van der Waals surface area (Å²) in [6.07, 6.45) is 0. The first kappa shape index (κ1) is 19.5. The van der Waals surface area contributed by atoms with Crippen LogP contribution in [0.2, 0.25) is 0 Å². The van der Waals surface area contributed by atoms with Crippen LogP contribution in [0, 0.1) is 5.92 Å². The van der Waals surface area contributed by atoms with Gasteiger partial charge >= 0.3 is 0 Å². The number of benzene rings is 1. The summed E-state index contributed by atoms with van der Waals surface area (Å²) in [5.41, 5.74) is 5.95. The van der Waals surface area contributed by atoms with Crippen LogP contribution in [0.4, 0.5) is 5.00 Å². The van der Waals surface area contributed by atoms with Gasteiger partial charge in [0.05, 0.1) is 12.7 Å². The summed E-state index contributed by atoms with van der Waals surface area (Å²) >= 11 is 1.20. The molecule has 0 unspecified atom stereocenters. The predicted octanol–water partition coefficient (Wildman–Crippen LogP) is 2.25. The molecule has 2 aromatic rings. The van der Waals surface area contributed by atoms with Gasteiger partial charge in [0.25, 0.3) is 11.8 Å². The maximum atomic E-state index is 12.6. The van der Waals surface area contributed by atoms with E-state index in [4.69, 9.17) is 10.5 Å². The number of thiophene rings is 1. The molecular weight excluding hydrogens is 354 g/mol. The quantitative estimate of drug-likeness (QED) is 0.689. The second kappa shape index (κ2) is 8.48. The van der Waals surface area contributed by atoms with Crippen LogP contribution in [0.1, 0.15) is 34.6 Å². The fraction of sp³-hybridized carbons (Fsp3) is 0.278. The molecule has 2 rings (SSSR count). The standard InChI is InChI=1S/C18H21N3O4S/c1-10(2)14(17(24)21-18-13(15(19)22)8-9-26-18)20-16(23)11-4-6-12(25-3)7-5-11/h4-10,14H,1-3H3,(H2,19,22)(H,20,23)(H,21,24)/t14-/m1/s1.